The first-order chi connectivity index (χ1) is 4.81. The van der Waals surface area contributed by atoms with Crippen molar-refractivity contribution >= 4 is 16.9 Å². The zero-order valence-electron chi connectivity index (χ0n) is 7.64. The maximum absolute atomic E-state index is 5.70. The number of nitrogens with zero attached hydrogens (tertiary/aromatic N) is 1. The minimum atomic E-state index is 0.0266. The lowest BCUT2D eigenvalue weighted by Crippen LogP contribution is -2.37. The van der Waals surface area contributed by atoms with Crippen LogP contribution < -0.4 is 5.73 Å². The summed E-state index contributed by atoms with van der Waals surface area (Å²) < 4.78 is 0.245. The Labute approximate surface area is 72.6 Å². The van der Waals surface area contributed by atoms with E-state index in [1.54, 1.807) is 11.8 Å². The standard InChI is InChI=1S/C8H16N2S/c1-7(2)5-8(3,4)11-6(9)10-7/h5H2,1-4H3,(H2,9,10). The highest BCUT2D eigenvalue weighted by atomic mass is 32.2. The summed E-state index contributed by atoms with van der Waals surface area (Å²) in [6.07, 6.45) is 1.09. The van der Waals surface area contributed by atoms with Crippen molar-refractivity contribution in [3.05, 3.63) is 0 Å². The molecule has 0 aromatic carbocycles. The SMILES string of the molecule is CC1(C)CC(C)(C)SC(N)=N1. The molecule has 64 valence electrons. The summed E-state index contributed by atoms with van der Waals surface area (Å²) >= 11 is 1.67. The van der Waals surface area contributed by atoms with Gasteiger partial charge in [0.05, 0.1) is 5.54 Å². The van der Waals surface area contributed by atoms with Crippen LogP contribution in [-0.4, -0.2) is 15.5 Å². The summed E-state index contributed by atoms with van der Waals surface area (Å²) in [6, 6.07) is 0. The molecular weight excluding hydrogens is 156 g/mol. The van der Waals surface area contributed by atoms with Crippen LogP contribution in [-0.2, 0) is 0 Å². The molecule has 0 saturated heterocycles. The van der Waals surface area contributed by atoms with Gasteiger partial charge < -0.3 is 5.73 Å². The van der Waals surface area contributed by atoms with Gasteiger partial charge in [0.1, 0.15) is 0 Å². The molecule has 0 bridgehead atoms. The fourth-order valence-electron chi connectivity index (χ4n) is 1.72. The Morgan fingerprint density at radius 2 is 1.91 bits per heavy atom. The van der Waals surface area contributed by atoms with Gasteiger partial charge in [0, 0.05) is 4.75 Å². The van der Waals surface area contributed by atoms with Gasteiger partial charge in [-0.1, -0.05) is 25.6 Å². The smallest absolute Gasteiger partial charge is 0.154 e. The maximum Gasteiger partial charge on any atom is 0.154 e. The molecule has 0 radical (unpaired) electrons. The van der Waals surface area contributed by atoms with E-state index in [4.69, 9.17) is 5.73 Å². The van der Waals surface area contributed by atoms with Crippen LogP contribution in [0.5, 0.6) is 0 Å². The van der Waals surface area contributed by atoms with Crippen LogP contribution in [0.3, 0.4) is 0 Å². The van der Waals surface area contributed by atoms with E-state index in [1.807, 2.05) is 0 Å². The normalized spacial score (nSPS) is 27.8. The molecule has 0 aromatic rings. The van der Waals surface area contributed by atoms with E-state index in [2.05, 4.69) is 32.7 Å². The van der Waals surface area contributed by atoms with Crippen molar-refractivity contribution in [3.63, 3.8) is 0 Å². The minimum Gasteiger partial charge on any atom is -0.379 e. The molecule has 1 rings (SSSR count). The topological polar surface area (TPSA) is 38.4 Å². The Morgan fingerprint density at radius 1 is 1.36 bits per heavy atom. The molecule has 0 aliphatic carbocycles. The highest BCUT2D eigenvalue weighted by Crippen LogP contribution is 2.38. The first-order valence-corrected chi connectivity index (χ1v) is 4.67. The average molecular weight is 172 g/mol. The van der Waals surface area contributed by atoms with E-state index >= 15 is 0 Å². The van der Waals surface area contributed by atoms with Gasteiger partial charge in [-0.2, -0.15) is 0 Å². The first kappa shape index (κ1) is 8.91. The molecule has 0 aromatic heterocycles. The minimum absolute atomic E-state index is 0.0266. The predicted molar refractivity (Wildman–Crippen MR) is 52.0 cm³/mol. The second kappa shape index (κ2) is 2.41. The van der Waals surface area contributed by atoms with Crippen LogP contribution >= 0.6 is 11.8 Å². The van der Waals surface area contributed by atoms with Gasteiger partial charge in [-0.15, -0.1) is 0 Å². The molecule has 0 atom stereocenters. The molecule has 0 unspecified atom stereocenters. The molecule has 1 aliphatic heterocycles. The Hall–Kier alpha value is -0.180. The highest BCUT2D eigenvalue weighted by molar-refractivity contribution is 8.15. The summed E-state index contributed by atoms with van der Waals surface area (Å²) in [5.41, 5.74) is 5.73. The van der Waals surface area contributed by atoms with Crippen molar-refractivity contribution in [1.29, 1.82) is 0 Å². The summed E-state index contributed by atoms with van der Waals surface area (Å²) in [4.78, 5) is 4.37. The average Bonchev–Trinajstić information content (AvgIpc) is 1.49. The summed E-state index contributed by atoms with van der Waals surface area (Å²) in [5, 5.41) is 0.728. The van der Waals surface area contributed by atoms with Gasteiger partial charge in [-0.25, -0.2) is 0 Å². The number of hydrogen-bond acceptors (Lipinski definition) is 3. The quantitative estimate of drug-likeness (QED) is 0.607. The summed E-state index contributed by atoms with van der Waals surface area (Å²) in [5.74, 6) is 0. The van der Waals surface area contributed by atoms with E-state index < -0.39 is 0 Å². The van der Waals surface area contributed by atoms with Crippen LogP contribution in [0.1, 0.15) is 34.1 Å². The molecule has 2 nitrogen and oxygen atoms in total. The summed E-state index contributed by atoms with van der Waals surface area (Å²) in [7, 11) is 0. The van der Waals surface area contributed by atoms with Gasteiger partial charge in [-0.05, 0) is 20.3 Å². The van der Waals surface area contributed by atoms with Crippen molar-refractivity contribution in [2.75, 3.05) is 0 Å². The van der Waals surface area contributed by atoms with Gasteiger partial charge >= 0.3 is 0 Å². The van der Waals surface area contributed by atoms with E-state index in [0.717, 1.165) is 11.6 Å². The van der Waals surface area contributed by atoms with Crippen molar-refractivity contribution < 1.29 is 0 Å². The molecule has 3 heteroatoms. The van der Waals surface area contributed by atoms with Gasteiger partial charge in [0.15, 0.2) is 5.17 Å². The number of aliphatic imine (C=N–C) groups is 1. The van der Waals surface area contributed by atoms with E-state index in [0.29, 0.717) is 0 Å². The monoisotopic (exact) mass is 172 g/mol. The molecule has 0 spiro atoms. The number of amidine groups is 1. The van der Waals surface area contributed by atoms with Crippen molar-refractivity contribution in [3.8, 4) is 0 Å². The lowest BCUT2D eigenvalue weighted by atomic mass is 9.93. The molecule has 0 amide bonds. The third kappa shape index (κ3) is 2.40. The van der Waals surface area contributed by atoms with Gasteiger partial charge in [0.25, 0.3) is 0 Å². The largest absolute Gasteiger partial charge is 0.379 e. The van der Waals surface area contributed by atoms with E-state index in [-0.39, 0.29) is 10.3 Å². The second-order valence-corrected chi connectivity index (χ2v) is 6.03. The zero-order valence-corrected chi connectivity index (χ0v) is 8.46. The lowest BCUT2D eigenvalue weighted by Gasteiger charge is -2.36. The van der Waals surface area contributed by atoms with Crippen molar-refractivity contribution in [2.24, 2.45) is 10.7 Å². The number of hydrogen-bond donors (Lipinski definition) is 1. The molecule has 0 fully saturated rings. The molecular formula is C8H16N2S. The Kier molecular flexibility index (Phi) is 1.95. The molecule has 0 saturated carbocycles. The predicted octanol–water partition coefficient (Wildman–Crippen LogP) is 2.00. The van der Waals surface area contributed by atoms with Crippen LogP contribution in [0.25, 0.3) is 0 Å². The van der Waals surface area contributed by atoms with Crippen molar-refractivity contribution in [2.45, 2.75) is 44.4 Å². The number of thioether (sulfide) groups is 1. The zero-order chi connectivity index (χ0) is 8.70. The van der Waals surface area contributed by atoms with E-state index in [9.17, 15) is 0 Å². The Morgan fingerprint density at radius 3 is 2.27 bits per heavy atom. The second-order valence-electron chi connectivity index (χ2n) is 4.30. The van der Waals surface area contributed by atoms with Gasteiger partial charge in [0.2, 0.25) is 0 Å². The Bertz CT molecular complexity index is 194. The number of nitrogens with two attached hydrogens (primary N) is 1. The molecule has 1 aliphatic rings. The first-order valence-electron chi connectivity index (χ1n) is 3.85. The van der Waals surface area contributed by atoms with Crippen LogP contribution in [0.4, 0.5) is 0 Å². The lowest BCUT2D eigenvalue weighted by molar-refractivity contribution is 0.423. The summed E-state index contributed by atoms with van der Waals surface area (Å²) in [6.45, 7) is 8.67. The molecule has 1 heterocycles. The van der Waals surface area contributed by atoms with Crippen LogP contribution in [0.2, 0.25) is 0 Å². The van der Waals surface area contributed by atoms with Crippen LogP contribution in [0, 0.1) is 0 Å². The fraction of sp³-hybridized carbons (Fsp3) is 0.875. The third-order valence-electron chi connectivity index (χ3n) is 1.65. The fourth-order valence-corrected chi connectivity index (χ4v) is 3.01. The number of rotatable bonds is 0. The third-order valence-corrected chi connectivity index (χ3v) is 2.65. The van der Waals surface area contributed by atoms with E-state index in [1.165, 1.54) is 0 Å². The van der Waals surface area contributed by atoms with Gasteiger partial charge in [-0.3, -0.25) is 4.99 Å². The highest BCUT2D eigenvalue weighted by Gasteiger charge is 2.34. The molecule has 2 N–H and O–H groups in total. The Balaban J connectivity index is 2.86. The maximum atomic E-state index is 5.70. The molecule has 11 heavy (non-hydrogen) atoms. The van der Waals surface area contributed by atoms with Crippen LogP contribution in [0.15, 0.2) is 4.99 Å². The van der Waals surface area contributed by atoms with Crippen molar-refractivity contribution in [1.82, 2.24) is 0 Å².